The number of rotatable bonds is 2. The molecule has 94 valence electrons. The van der Waals surface area contributed by atoms with Crippen LogP contribution in [0.2, 0.25) is 5.02 Å². The molecule has 0 fully saturated rings. The first-order valence-electron chi connectivity index (χ1n) is 5.68. The van der Waals surface area contributed by atoms with Crippen LogP contribution in [0.25, 0.3) is 11.1 Å². The highest BCUT2D eigenvalue weighted by Gasteiger charge is 2.15. The molecule has 2 aliphatic rings. The van der Waals surface area contributed by atoms with Gasteiger partial charge in [-0.2, -0.15) is 0 Å². The van der Waals surface area contributed by atoms with Crippen molar-refractivity contribution in [1.29, 1.82) is 0 Å². The molecule has 0 bridgehead atoms. The van der Waals surface area contributed by atoms with Crippen LogP contribution in [0, 0.1) is 0 Å². The summed E-state index contributed by atoms with van der Waals surface area (Å²) in [4.78, 5) is 12.5. The number of carbonyl (C=O) groups is 1. The maximum absolute atomic E-state index is 11.9. The van der Waals surface area contributed by atoms with Gasteiger partial charge in [0.2, 0.25) is 0 Å². The number of halogens is 1. The summed E-state index contributed by atoms with van der Waals surface area (Å²) in [5.41, 5.74) is 1.86. The van der Waals surface area contributed by atoms with Crippen LogP contribution in [0.5, 0.6) is 5.75 Å². The highest BCUT2D eigenvalue weighted by Crippen LogP contribution is 2.34. The van der Waals surface area contributed by atoms with Crippen LogP contribution in [-0.4, -0.2) is 5.97 Å². The fourth-order valence-corrected chi connectivity index (χ4v) is 2.56. The van der Waals surface area contributed by atoms with Crippen molar-refractivity contribution in [1.82, 2.24) is 0 Å². The monoisotopic (exact) mass is 288 g/mol. The van der Waals surface area contributed by atoms with Gasteiger partial charge in [-0.15, -0.1) is 11.3 Å². The van der Waals surface area contributed by atoms with E-state index in [4.69, 9.17) is 16.3 Å². The summed E-state index contributed by atoms with van der Waals surface area (Å²) in [5.74, 6) is 0.223. The van der Waals surface area contributed by atoms with Crippen molar-refractivity contribution in [3.63, 3.8) is 0 Å². The Morgan fingerprint density at radius 1 is 1.05 bits per heavy atom. The lowest BCUT2D eigenvalue weighted by molar-refractivity contribution is 0.0741. The van der Waals surface area contributed by atoms with Gasteiger partial charge in [-0.1, -0.05) is 29.8 Å². The van der Waals surface area contributed by atoms with Crippen LogP contribution in [0.1, 0.15) is 9.67 Å². The molecule has 0 aromatic carbocycles. The smallest absolute Gasteiger partial charge is 0.353 e. The van der Waals surface area contributed by atoms with Gasteiger partial charge in [0.25, 0.3) is 0 Å². The first-order chi connectivity index (χ1) is 9.24. The van der Waals surface area contributed by atoms with Gasteiger partial charge in [0.1, 0.15) is 10.6 Å². The third-order valence-electron chi connectivity index (χ3n) is 2.75. The maximum Gasteiger partial charge on any atom is 0.353 e. The Bertz CT molecular complexity index is 691. The second kappa shape index (κ2) is 5.03. The number of fused-ring (bicyclic) bond motifs is 1. The molecule has 0 radical (unpaired) electrons. The molecule has 1 aromatic heterocycles. The fourth-order valence-electron chi connectivity index (χ4n) is 1.83. The molecule has 0 amide bonds. The van der Waals surface area contributed by atoms with E-state index in [1.54, 1.807) is 18.2 Å². The average Bonchev–Trinajstić information content (AvgIpc) is 3.00. The molecule has 0 unspecified atom stereocenters. The van der Waals surface area contributed by atoms with Crippen LogP contribution in [-0.2, 0) is 0 Å². The highest BCUT2D eigenvalue weighted by molar-refractivity contribution is 7.12. The van der Waals surface area contributed by atoms with Crippen LogP contribution in [0.3, 0.4) is 0 Å². The maximum atomic E-state index is 11.9. The van der Waals surface area contributed by atoms with Gasteiger partial charge < -0.3 is 4.74 Å². The largest absolute Gasteiger partial charge is 0.422 e. The Hall–Kier alpha value is -1.84. The second-order valence-corrected chi connectivity index (χ2v) is 5.37. The topological polar surface area (TPSA) is 26.3 Å². The summed E-state index contributed by atoms with van der Waals surface area (Å²) in [6.07, 6.45) is 0. The quantitative estimate of drug-likeness (QED) is 0.638. The Morgan fingerprint density at radius 3 is 2.63 bits per heavy atom. The van der Waals surface area contributed by atoms with Gasteiger partial charge in [0.05, 0.1) is 0 Å². The zero-order valence-corrected chi connectivity index (χ0v) is 11.4. The third kappa shape index (κ3) is 2.48. The zero-order valence-electron chi connectivity index (χ0n) is 9.80. The van der Waals surface area contributed by atoms with Gasteiger partial charge in [-0.05, 0) is 41.3 Å². The Balaban J connectivity index is 1.93. The van der Waals surface area contributed by atoms with E-state index in [0.29, 0.717) is 15.6 Å². The molecule has 4 heteroatoms. The molecule has 1 aromatic rings. The number of hydrogen-bond donors (Lipinski definition) is 0. The van der Waals surface area contributed by atoms with Gasteiger partial charge in [-0.25, -0.2) is 4.79 Å². The van der Waals surface area contributed by atoms with E-state index in [0.717, 1.165) is 11.1 Å². The van der Waals surface area contributed by atoms with Crippen molar-refractivity contribution in [2.24, 2.45) is 0 Å². The molecule has 0 N–H and O–H groups in total. The minimum Gasteiger partial charge on any atom is -0.422 e. The Labute approximate surface area is 119 Å². The summed E-state index contributed by atoms with van der Waals surface area (Å²) in [6, 6.07) is 14.6. The van der Waals surface area contributed by atoms with Crippen LogP contribution in [0.15, 0.2) is 53.9 Å². The predicted molar refractivity (Wildman–Crippen MR) is 77.4 cm³/mol. The lowest BCUT2D eigenvalue weighted by Crippen LogP contribution is -2.05. The predicted octanol–water partition coefficient (Wildman–Crippen LogP) is 4.73. The minimum absolute atomic E-state index is 0.333. The number of thiophene rings is 1. The summed E-state index contributed by atoms with van der Waals surface area (Å²) in [7, 11) is 0. The molecular formula is C15H9ClO2S. The van der Waals surface area contributed by atoms with Crippen LogP contribution in [0.4, 0.5) is 0 Å². The first kappa shape index (κ1) is 12.2. The molecule has 1 heterocycles. The van der Waals surface area contributed by atoms with Crippen molar-refractivity contribution in [2.75, 3.05) is 0 Å². The van der Waals surface area contributed by atoms with Gasteiger partial charge in [0.15, 0.2) is 0 Å². The molecule has 2 aliphatic carbocycles. The summed E-state index contributed by atoms with van der Waals surface area (Å²) < 4.78 is 5.42. The van der Waals surface area contributed by atoms with Crippen molar-refractivity contribution in [3.05, 3.63) is 63.8 Å². The van der Waals surface area contributed by atoms with E-state index >= 15 is 0 Å². The van der Waals surface area contributed by atoms with Crippen LogP contribution < -0.4 is 4.74 Å². The summed E-state index contributed by atoms with van der Waals surface area (Å²) in [6.45, 7) is 0. The normalized spacial score (nSPS) is 10.6. The molecular weight excluding hydrogens is 280 g/mol. The number of ether oxygens (including phenoxy) is 1. The lowest BCUT2D eigenvalue weighted by Gasteiger charge is -2.02. The fraction of sp³-hybridized carbons (Fsp3) is 0. The number of hydrogen-bond acceptors (Lipinski definition) is 3. The Kier molecular flexibility index (Phi) is 3.23. The van der Waals surface area contributed by atoms with Gasteiger partial charge in [0, 0.05) is 10.6 Å². The first-order valence-corrected chi connectivity index (χ1v) is 6.94. The van der Waals surface area contributed by atoms with Crippen molar-refractivity contribution in [3.8, 4) is 16.9 Å². The average molecular weight is 289 g/mol. The summed E-state index contributed by atoms with van der Waals surface area (Å²) in [5, 5.41) is 2.49. The molecule has 19 heavy (non-hydrogen) atoms. The SMILES string of the molecule is O=C(Oc1ccc2ccc(Cl)ccc1-2)c1cccs1. The van der Waals surface area contributed by atoms with E-state index in [1.807, 2.05) is 35.7 Å². The van der Waals surface area contributed by atoms with Crippen molar-refractivity contribution in [2.45, 2.75) is 0 Å². The molecule has 2 nitrogen and oxygen atoms in total. The number of esters is 1. The molecule has 0 aliphatic heterocycles. The standard InChI is InChI=1S/C15H9ClO2S/c16-11-5-3-10-4-8-13(12(10)7-6-11)18-15(17)14-2-1-9-19-14/h1-9H. The van der Waals surface area contributed by atoms with E-state index < -0.39 is 0 Å². The van der Waals surface area contributed by atoms with E-state index in [-0.39, 0.29) is 5.97 Å². The molecule has 0 saturated carbocycles. The second-order valence-electron chi connectivity index (χ2n) is 3.98. The Morgan fingerprint density at radius 2 is 1.84 bits per heavy atom. The third-order valence-corrected chi connectivity index (χ3v) is 3.85. The van der Waals surface area contributed by atoms with Crippen molar-refractivity contribution >= 4 is 28.9 Å². The van der Waals surface area contributed by atoms with E-state index in [9.17, 15) is 4.79 Å². The minimum atomic E-state index is -0.333. The van der Waals surface area contributed by atoms with E-state index in [2.05, 4.69) is 0 Å². The zero-order chi connectivity index (χ0) is 13.2. The lowest BCUT2D eigenvalue weighted by atomic mass is 10.2. The molecule has 3 rings (SSSR count). The number of carbonyl (C=O) groups excluding carboxylic acids is 1. The van der Waals surface area contributed by atoms with Gasteiger partial charge in [-0.3, -0.25) is 0 Å². The molecule has 0 spiro atoms. The van der Waals surface area contributed by atoms with Crippen LogP contribution >= 0.6 is 22.9 Å². The summed E-state index contributed by atoms with van der Waals surface area (Å²) >= 11 is 7.31. The van der Waals surface area contributed by atoms with E-state index in [1.165, 1.54) is 11.3 Å². The highest BCUT2D eigenvalue weighted by atomic mass is 35.5. The molecule has 0 atom stereocenters. The molecule has 0 saturated heterocycles. The van der Waals surface area contributed by atoms with Crippen molar-refractivity contribution < 1.29 is 9.53 Å². The van der Waals surface area contributed by atoms with Gasteiger partial charge >= 0.3 is 5.97 Å².